The third-order valence-electron chi connectivity index (χ3n) is 5.07. The number of hydrogen-bond acceptors (Lipinski definition) is 2. The standard InChI is InChI=1S/C24H21Cl2N3O/c1-2-20(28-24(30)17-8-4-3-5-9-17)23-27-21-10-6-7-11-22(21)29(23)15-16-12-13-18(25)19(26)14-16/h3-14,20H,2,15H2,1H3,(H,28,30). The Balaban J connectivity index is 1.72. The van der Waals surface area contributed by atoms with Crippen molar-refractivity contribution in [1.82, 2.24) is 14.9 Å². The lowest BCUT2D eigenvalue weighted by Gasteiger charge is -2.19. The van der Waals surface area contributed by atoms with E-state index in [1.165, 1.54) is 0 Å². The molecule has 0 aliphatic carbocycles. The molecule has 4 rings (SSSR count). The van der Waals surface area contributed by atoms with Crippen LogP contribution in [0.15, 0.2) is 72.8 Å². The molecule has 30 heavy (non-hydrogen) atoms. The van der Waals surface area contributed by atoms with E-state index in [2.05, 4.69) is 9.88 Å². The van der Waals surface area contributed by atoms with Crippen LogP contribution in [0.3, 0.4) is 0 Å². The number of carbonyl (C=O) groups is 1. The van der Waals surface area contributed by atoms with E-state index < -0.39 is 0 Å². The number of carbonyl (C=O) groups excluding carboxylic acids is 1. The smallest absolute Gasteiger partial charge is 0.251 e. The lowest BCUT2D eigenvalue weighted by atomic mass is 10.1. The largest absolute Gasteiger partial charge is 0.342 e. The van der Waals surface area contributed by atoms with Crippen molar-refractivity contribution < 1.29 is 4.79 Å². The Labute approximate surface area is 185 Å². The number of para-hydroxylation sites is 2. The zero-order valence-corrected chi connectivity index (χ0v) is 18.0. The molecule has 0 spiro atoms. The maximum atomic E-state index is 12.8. The highest BCUT2D eigenvalue weighted by molar-refractivity contribution is 6.42. The third kappa shape index (κ3) is 4.20. The van der Waals surface area contributed by atoms with Crippen molar-refractivity contribution >= 4 is 40.1 Å². The quantitative estimate of drug-likeness (QED) is 0.386. The molecule has 0 saturated heterocycles. The molecule has 4 aromatic rings. The van der Waals surface area contributed by atoms with Gasteiger partial charge in [-0.15, -0.1) is 0 Å². The SMILES string of the molecule is CCC(NC(=O)c1ccccc1)c1nc2ccccc2n1Cc1ccc(Cl)c(Cl)c1. The molecular weight excluding hydrogens is 417 g/mol. The molecule has 0 fully saturated rings. The topological polar surface area (TPSA) is 46.9 Å². The summed E-state index contributed by atoms with van der Waals surface area (Å²) < 4.78 is 2.13. The fourth-order valence-electron chi connectivity index (χ4n) is 3.53. The molecule has 6 heteroatoms. The number of nitrogens with zero attached hydrogens (tertiary/aromatic N) is 2. The minimum absolute atomic E-state index is 0.115. The zero-order valence-electron chi connectivity index (χ0n) is 16.5. The molecule has 152 valence electrons. The van der Waals surface area contributed by atoms with Crippen LogP contribution >= 0.6 is 23.2 Å². The predicted molar refractivity (Wildman–Crippen MR) is 122 cm³/mol. The highest BCUT2D eigenvalue weighted by Gasteiger charge is 2.21. The molecule has 0 aliphatic rings. The summed E-state index contributed by atoms with van der Waals surface area (Å²) in [7, 11) is 0. The van der Waals surface area contributed by atoms with Crippen molar-refractivity contribution in [3.63, 3.8) is 0 Å². The Morgan fingerprint density at radius 2 is 1.73 bits per heavy atom. The van der Waals surface area contributed by atoms with Gasteiger partial charge in [-0.2, -0.15) is 0 Å². The van der Waals surface area contributed by atoms with Gasteiger partial charge < -0.3 is 9.88 Å². The molecule has 0 saturated carbocycles. The summed E-state index contributed by atoms with van der Waals surface area (Å²) in [4.78, 5) is 17.6. The van der Waals surface area contributed by atoms with Crippen LogP contribution in [0.5, 0.6) is 0 Å². The van der Waals surface area contributed by atoms with Crippen molar-refractivity contribution in [2.75, 3.05) is 0 Å². The van der Waals surface area contributed by atoms with Crippen LogP contribution in [-0.4, -0.2) is 15.5 Å². The number of halogens is 2. The summed E-state index contributed by atoms with van der Waals surface area (Å²) in [6.07, 6.45) is 0.712. The fraction of sp³-hybridized carbons (Fsp3) is 0.167. The molecule has 1 aromatic heterocycles. The van der Waals surface area contributed by atoms with Gasteiger partial charge in [0, 0.05) is 12.1 Å². The van der Waals surface area contributed by atoms with Gasteiger partial charge in [0.1, 0.15) is 5.82 Å². The molecule has 1 N–H and O–H groups in total. The zero-order chi connectivity index (χ0) is 21.1. The van der Waals surface area contributed by atoms with Crippen LogP contribution in [0, 0.1) is 0 Å². The maximum absolute atomic E-state index is 12.8. The number of nitrogens with one attached hydrogen (secondary N) is 1. The van der Waals surface area contributed by atoms with Gasteiger partial charge in [0.25, 0.3) is 5.91 Å². The van der Waals surface area contributed by atoms with Crippen molar-refractivity contribution in [2.24, 2.45) is 0 Å². The summed E-state index contributed by atoms with van der Waals surface area (Å²) in [5.74, 6) is 0.699. The van der Waals surface area contributed by atoms with E-state index in [1.54, 1.807) is 18.2 Å². The van der Waals surface area contributed by atoms with Crippen LogP contribution in [0.25, 0.3) is 11.0 Å². The van der Waals surface area contributed by atoms with Crippen LogP contribution in [0.2, 0.25) is 10.0 Å². The summed E-state index contributed by atoms with van der Waals surface area (Å²) in [5.41, 5.74) is 3.53. The van der Waals surface area contributed by atoms with Crippen molar-refractivity contribution in [1.29, 1.82) is 0 Å². The number of hydrogen-bond donors (Lipinski definition) is 1. The lowest BCUT2D eigenvalue weighted by molar-refractivity contribution is 0.0933. The van der Waals surface area contributed by atoms with Gasteiger partial charge in [0.15, 0.2) is 0 Å². The molecule has 1 atom stereocenters. The van der Waals surface area contributed by atoms with E-state index in [-0.39, 0.29) is 11.9 Å². The number of fused-ring (bicyclic) bond motifs is 1. The molecule has 0 aliphatic heterocycles. The van der Waals surface area contributed by atoms with Gasteiger partial charge in [-0.25, -0.2) is 4.98 Å². The van der Waals surface area contributed by atoms with Crippen LogP contribution in [0.4, 0.5) is 0 Å². The Bertz CT molecular complexity index is 1190. The summed E-state index contributed by atoms with van der Waals surface area (Å²) in [6, 6.07) is 22.6. The Hall–Kier alpha value is -2.82. The Morgan fingerprint density at radius 1 is 1.00 bits per heavy atom. The van der Waals surface area contributed by atoms with E-state index in [1.807, 2.05) is 61.5 Å². The number of rotatable bonds is 6. The van der Waals surface area contributed by atoms with Crippen LogP contribution in [-0.2, 0) is 6.54 Å². The second-order valence-electron chi connectivity index (χ2n) is 7.09. The average Bonchev–Trinajstić information content (AvgIpc) is 3.13. The van der Waals surface area contributed by atoms with Gasteiger partial charge >= 0.3 is 0 Å². The van der Waals surface area contributed by atoms with Gasteiger partial charge in [0.05, 0.1) is 27.1 Å². The highest BCUT2D eigenvalue weighted by Crippen LogP contribution is 2.27. The number of amides is 1. The molecule has 1 unspecified atom stereocenters. The van der Waals surface area contributed by atoms with Crippen LogP contribution < -0.4 is 5.32 Å². The van der Waals surface area contributed by atoms with Gasteiger partial charge in [-0.1, -0.05) is 66.5 Å². The first kappa shape index (κ1) is 20.5. The molecule has 1 heterocycles. The lowest BCUT2D eigenvalue weighted by Crippen LogP contribution is -2.30. The molecular formula is C24H21Cl2N3O. The fourth-order valence-corrected chi connectivity index (χ4v) is 3.85. The molecule has 0 radical (unpaired) electrons. The predicted octanol–water partition coefficient (Wildman–Crippen LogP) is 6.27. The first-order chi connectivity index (χ1) is 14.6. The van der Waals surface area contributed by atoms with Gasteiger partial charge in [-0.05, 0) is 48.4 Å². The van der Waals surface area contributed by atoms with Gasteiger partial charge in [0.2, 0.25) is 0 Å². The molecule has 1 amide bonds. The third-order valence-corrected chi connectivity index (χ3v) is 5.81. The van der Waals surface area contributed by atoms with Crippen molar-refractivity contribution in [3.8, 4) is 0 Å². The number of imidazole rings is 1. The first-order valence-electron chi connectivity index (χ1n) is 9.82. The van der Waals surface area contributed by atoms with E-state index >= 15 is 0 Å². The minimum atomic E-state index is -0.229. The van der Waals surface area contributed by atoms with E-state index in [9.17, 15) is 4.79 Å². The minimum Gasteiger partial charge on any atom is -0.342 e. The Morgan fingerprint density at radius 3 is 2.47 bits per heavy atom. The number of aromatic nitrogens is 2. The first-order valence-corrected chi connectivity index (χ1v) is 10.6. The van der Waals surface area contributed by atoms with Crippen molar-refractivity contribution in [3.05, 3.63) is 99.8 Å². The van der Waals surface area contributed by atoms with E-state index in [4.69, 9.17) is 28.2 Å². The molecule has 4 nitrogen and oxygen atoms in total. The molecule has 3 aromatic carbocycles. The summed E-state index contributed by atoms with van der Waals surface area (Å²) in [6.45, 7) is 2.61. The normalized spacial score (nSPS) is 12.1. The maximum Gasteiger partial charge on any atom is 0.251 e. The monoisotopic (exact) mass is 437 g/mol. The van der Waals surface area contributed by atoms with E-state index in [0.29, 0.717) is 28.6 Å². The second-order valence-corrected chi connectivity index (χ2v) is 7.91. The summed E-state index contributed by atoms with van der Waals surface area (Å²) in [5, 5.41) is 4.18. The van der Waals surface area contributed by atoms with E-state index in [0.717, 1.165) is 22.4 Å². The van der Waals surface area contributed by atoms with Crippen LogP contribution in [0.1, 0.15) is 41.1 Å². The highest BCUT2D eigenvalue weighted by atomic mass is 35.5. The number of benzene rings is 3. The summed E-state index contributed by atoms with van der Waals surface area (Å²) >= 11 is 12.3. The Kier molecular flexibility index (Phi) is 6.07. The molecule has 0 bridgehead atoms. The second kappa shape index (κ2) is 8.90. The van der Waals surface area contributed by atoms with Crippen molar-refractivity contribution in [2.45, 2.75) is 25.9 Å². The average molecular weight is 438 g/mol. The van der Waals surface area contributed by atoms with Gasteiger partial charge in [-0.3, -0.25) is 4.79 Å².